The van der Waals surface area contributed by atoms with Crippen LogP contribution in [0, 0.1) is 0 Å². The van der Waals surface area contributed by atoms with E-state index in [4.69, 9.17) is 10.5 Å². The van der Waals surface area contributed by atoms with Crippen LogP contribution in [-0.4, -0.2) is 62.3 Å². The van der Waals surface area contributed by atoms with Crippen LogP contribution < -0.4 is 11.1 Å². The van der Waals surface area contributed by atoms with Crippen molar-refractivity contribution in [3.63, 3.8) is 0 Å². The average molecular weight is 428 g/mol. The van der Waals surface area contributed by atoms with E-state index in [9.17, 15) is 9.59 Å². The molecule has 1 fully saturated rings. The number of amides is 1. The van der Waals surface area contributed by atoms with Gasteiger partial charge in [-0.25, -0.2) is 4.79 Å². The molecule has 1 aliphatic rings. The number of aliphatic imine (C=N–C) groups is 1. The van der Waals surface area contributed by atoms with Crippen molar-refractivity contribution in [2.75, 3.05) is 33.4 Å². The number of hydrogen-bond donors (Lipinski definition) is 2. The first-order valence-electron chi connectivity index (χ1n) is 7.11. The molecule has 1 rings (SSSR count). The number of rotatable bonds is 5. The minimum Gasteiger partial charge on any atom is -0.469 e. The van der Waals surface area contributed by atoms with Gasteiger partial charge in [0, 0.05) is 19.1 Å². The first kappa shape index (κ1) is 20.7. The van der Waals surface area contributed by atoms with Gasteiger partial charge in [0.25, 0.3) is 0 Å². The van der Waals surface area contributed by atoms with Gasteiger partial charge >= 0.3 is 12.1 Å². The standard InChI is InChI=1S/C13H24N4O4.HI/c1-3-21-13(19)17-8-5-10(6-9-17)16-12(14)15-7-4-11(18)20-2;/h10H,3-9H2,1-2H3,(H3,14,15,16);1H. The van der Waals surface area contributed by atoms with Gasteiger partial charge < -0.3 is 25.4 Å². The van der Waals surface area contributed by atoms with E-state index >= 15 is 0 Å². The van der Waals surface area contributed by atoms with E-state index in [1.807, 2.05) is 0 Å². The van der Waals surface area contributed by atoms with E-state index < -0.39 is 0 Å². The number of hydrogen-bond acceptors (Lipinski definition) is 5. The third-order valence-electron chi connectivity index (χ3n) is 3.20. The van der Waals surface area contributed by atoms with Crippen molar-refractivity contribution in [1.82, 2.24) is 10.2 Å². The highest BCUT2D eigenvalue weighted by molar-refractivity contribution is 14.0. The molecule has 1 heterocycles. The number of esters is 1. The molecular formula is C13H25IN4O4. The largest absolute Gasteiger partial charge is 0.469 e. The molecule has 9 heteroatoms. The molecule has 22 heavy (non-hydrogen) atoms. The summed E-state index contributed by atoms with van der Waals surface area (Å²) in [5.74, 6) is 0.00258. The van der Waals surface area contributed by atoms with Crippen molar-refractivity contribution in [2.24, 2.45) is 10.7 Å². The second kappa shape index (κ2) is 11.3. The molecule has 8 nitrogen and oxygen atoms in total. The van der Waals surface area contributed by atoms with E-state index in [1.54, 1.807) is 11.8 Å². The maximum absolute atomic E-state index is 11.6. The van der Waals surface area contributed by atoms with E-state index in [2.05, 4.69) is 15.0 Å². The van der Waals surface area contributed by atoms with Gasteiger partial charge in [0.05, 0.1) is 26.7 Å². The molecule has 128 valence electrons. The van der Waals surface area contributed by atoms with Gasteiger partial charge in [-0.15, -0.1) is 24.0 Å². The highest BCUT2D eigenvalue weighted by atomic mass is 127. The van der Waals surface area contributed by atoms with Crippen LogP contribution in [0.25, 0.3) is 0 Å². The van der Waals surface area contributed by atoms with Crippen LogP contribution in [0.3, 0.4) is 0 Å². The number of nitrogens with one attached hydrogen (secondary N) is 1. The predicted octanol–water partition coefficient (Wildman–Crippen LogP) is 0.693. The Kier molecular flexibility index (Phi) is 10.7. The van der Waals surface area contributed by atoms with Crippen molar-refractivity contribution < 1.29 is 19.1 Å². The van der Waals surface area contributed by atoms with Crippen molar-refractivity contribution in [3.05, 3.63) is 0 Å². The van der Waals surface area contributed by atoms with Crippen LogP contribution in [0.2, 0.25) is 0 Å². The summed E-state index contributed by atoms with van der Waals surface area (Å²) in [5, 5.41) is 3.10. The Labute approximate surface area is 147 Å². The zero-order valence-electron chi connectivity index (χ0n) is 13.0. The molecule has 0 aromatic rings. The summed E-state index contributed by atoms with van der Waals surface area (Å²) >= 11 is 0. The predicted molar refractivity (Wildman–Crippen MR) is 93.3 cm³/mol. The molecule has 0 bridgehead atoms. The number of nitrogens with zero attached hydrogens (tertiary/aromatic N) is 2. The first-order valence-corrected chi connectivity index (χ1v) is 7.11. The monoisotopic (exact) mass is 428 g/mol. The number of ether oxygens (including phenoxy) is 2. The molecule has 0 radical (unpaired) electrons. The van der Waals surface area contributed by atoms with E-state index in [1.165, 1.54) is 7.11 Å². The lowest BCUT2D eigenvalue weighted by atomic mass is 10.1. The summed E-state index contributed by atoms with van der Waals surface area (Å²) in [6, 6.07) is 0.178. The Morgan fingerprint density at radius 3 is 2.55 bits per heavy atom. The number of guanidine groups is 1. The molecule has 0 atom stereocenters. The summed E-state index contributed by atoms with van der Waals surface area (Å²) in [7, 11) is 1.34. The van der Waals surface area contributed by atoms with Crippen molar-refractivity contribution in [3.8, 4) is 0 Å². The fraction of sp³-hybridized carbons (Fsp3) is 0.769. The maximum Gasteiger partial charge on any atom is 0.409 e. The van der Waals surface area contributed by atoms with Gasteiger partial charge in [0.2, 0.25) is 0 Å². The van der Waals surface area contributed by atoms with Gasteiger partial charge in [0.1, 0.15) is 0 Å². The van der Waals surface area contributed by atoms with Crippen LogP contribution in [0.1, 0.15) is 26.2 Å². The molecule has 1 saturated heterocycles. The molecule has 0 aromatic carbocycles. The summed E-state index contributed by atoms with van der Waals surface area (Å²) in [5.41, 5.74) is 5.76. The van der Waals surface area contributed by atoms with Gasteiger partial charge in [-0.3, -0.25) is 9.79 Å². The normalized spacial score (nSPS) is 15.7. The van der Waals surface area contributed by atoms with Gasteiger partial charge in [-0.2, -0.15) is 0 Å². The van der Waals surface area contributed by atoms with E-state index in [0.29, 0.717) is 32.2 Å². The van der Waals surface area contributed by atoms with Crippen LogP contribution in [-0.2, 0) is 14.3 Å². The summed E-state index contributed by atoms with van der Waals surface area (Å²) < 4.78 is 9.48. The SMILES string of the molecule is CCOC(=O)N1CCC(NC(N)=NCCC(=O)OC)CC1.I. The number of methoxy groups -OCH3 is 1. The number of halogens is 1. The van der Waals surface area contributed by atoms with Crippen molar-refractivity contribution in [1.29, 1.82) is 0 Å². The third kappa shape index (κ3) is 7.66. The summed E-state index contributed by atoms with van der Waals surface area (Å²) in [6.45, 7) is 3.74. The zero-order chi connectivity index (χ0) is 15.7. The second-order valence-corrected chi connectivity index (χ2v) is 4.70. The number of likely N-dealkylation sites (tertiary alicyclic amines) is 1. The smallest absolute Gasteiger partial charge is 0.409 e. The number of carbonyl (C=O) groups is 2. The quantitative estimate of drug-likeness (QED) is 0.289. The minimum atomic E-state index is -0.311. The molecule has 0 spiro atoms. The Morgan fingerprint density at radius 1 is 1.36 bits per heavy atom. The van der Waals surface area contributed by atoms with Crippen LogP contribution in [0.4, 0.5) is 4.79 Å². The molecule has 0 unspecified atom stereocenters. The minimum absolute atomic E-state index is 0. The third-order valence-corrected chi connectivity index (χ3v) is 3.20. The fourth-order valence-electron chi connectivity index (χ4n) is 2.05. The van der Waals surface area contributed by atoms with Gasteiger partial charge in [0.15, 0.2) is 5.96 Å². The van der Waals surface area contributed by atoms with Crippen LogP contribution >= 0.6 is 24.0 Å². The lowest BCUT2D eigenvalue weighted by molar-refractivity contribution is -0.140. The highest BCUT2D eigenvalue weighted by Gasteiger charge is 2.23. The maximum atomic E-state index is 11.6. The Balaban J connectivity index is 0.00000441. The average Bonchev–Trinajstić information content (AvgIpc) is 2.48. The lowest BCUT2D eigenvalue weighted by Gasteiger charge is -2.31. The van der Waals surface area contributed by atoms with Crippen LogP contribution in [0.5, 0.6) is 0 Å². The molecule has 0 aromatic heterocycles. The van der Waals surface area contributed by atoms with Crippen molar-refractivity contribution in [2.45, 2.75) is 32.2 Å². The highest BCUT2D eigenvalue weighted by Crippen LogP contribution is 2.11. The Morgan fingerprint density at radius 2 is 2.00 bits per heavy atom. The van der Waals surface area contributed by atoms with E-state index in [-0.39, 0.29) is 48.5 Å². The van der Waals surface area contributed by atoms with Gasteiger partial charge in [-0.05, 0) is 19.8 Å². The number of carbonyl (C=O) groups excluding carboxylic acids is 2. The summed E-state index contributed by atoms with van der Waals surface area (Å²) in [6.07, 6.45) is 1.51. The molecule has 1 amide bonds. The lowest BCUT2D eigenvalue weighted by Crippen LogP contribution is -2.48. The molecular weight excluding hydrogens is 403 g/mol. The Hall–Kier alpha value is -1.26. The second-order valence-electron chi connectivity index (χ2n) is 4.70. The van der Waals surface area contributed by atoms with Gasteiger partial charge in [-0.1, -0.05) is 0 Å². The molecule has 0 aliphatic carbocycles. The number of nitrogens with two attached hydrogens (primary N) is 1. The summed E-state index contributed by atoms with van der Waals surface area (Å²) in [4.78, 5) is 28.2. The molecule has 3 N–H and O–H groups in total. The van der Waals surface area contributed by atoms with Crippen LogP contribution in [0.15, 0.2) is 4.99 Å². The zero-order valence-corrected chi connectivity index (χ0v) is 15.4. The first-order chi connectivity index (χ1) is 10.1. The topological polar surface area (TPSA) is 106 Å². The molecule has 1 aliphatic heterocycles. The number of piperidine rings is 1. The Bertz CT molecular complexity index is 384. The van der Waals surface area contributed by atoms with Crippen molar-refractivity contribution >= 4 is 42.0 Å². The fourth-order valence-corrected chi connectivity index (χ4v) is 2.05. The van der Waals surface area contributed by atoms with E-state index in [0.717, 1.165) is 12.8 Å². The molecule has 0 saturated carbocycles.